The highest BCUT2D eigenvalue weighted by Crippen LogP contribution is 2.29. The Hall–Kier alpha value is -1.87. The van der Waals surface area contributed by atoms with Gasteiger partial charge in [0.05, 0.1) is 10.7 Å². The van der Waals surface area contributed by atoms with Crippen LogP contribution in [0.1, 0.15) is 5.69 Å². The van der Waals surface area contributed by atoms with Crippen LogP contribution in [0.2, 0.25) is 10.0 Å². The number of rotatable bonds is 3. The van der Waals surface area contributed by atoms with Gasteiger partial charge in [0.1, 0.15) is 10.4 Å². The van der Waals surface area contributed by atoms with Gasteiger partial charge in [0.2, 0.25) is 10.0 Å². The maximum absolute atomic E-state index is 13.0. The molecule has 1 saturated heterocycles. The Balaban J connectivity index is 1.57. The molecule has 0 aliphatic carbocycles. The molecular formula is C17H17Cl2N5O2S. The fraction of sp³-hybridized carbons (Fsp3) is 0.294. The molecule has 0 N–H and O–H groups in total. The van der Waals surface area contributed by atoms with Crippen molar-refractivity contribution in [2.75, 3.05) is 31.1 Å². The van der Waals surface area contributed by atoms with Crippen molar-refractivity contribution in [2.24, 2.45) is 0 Å². The summed E-state index contributed by atoms with van der Waals surface area (Å²) in [6.07, 6.45) is 3.50. The predicted octanol–water partition coefficient (Wildman–Crippen LogP) is 2.86. The lowest BCUT2D eigenvalue weighted by molar-refractivity contribution is 0.384. The number of halogens is 2. The first-order valence-electron chi connectivity index (χ1n) is 8.37. The van der Waals surface area contributed by atoms with Crippen molar-refractivity contribution >= 4 is 44.6 Å². The van der Waals surface area contributed by atoms with Gasteiger partial charge in [-0.3, -0.25) is 0 Å². The molecule has 1 aliphatic rings. The minimum atomic E-state index is -3.71. The van der Waals surface area contributed by atoms with E-state index < -0.39 is 10.0 Å². The van der Waals surface area contributed by atoms with E-state index in [0.717, 1.165) is 17.0 Å². The summed E-state index contributed by atoms with van der Waals surface area (Å²) in [5.41, 5.74) is 1.81. The zero-order valence-corrected chi connectivity index (χ0v) is 16.8. The summed E-state index contributed by atoms with van der Waals surface area (Å²) in [4.78, 5) is 6.58. The number of anilines is 1. The maximum atomic E-state index is 13.0. The van der Waals surface area contributed by atoms with Crippen LogP contribution < -0.4 is 4.90 Å². The zero-order valence-electron chi connectivity index (χ0n) is 14.5. The summed E-state index contributed by atoms with van der Waals surface area (Å²) in [5.74, 6) is 0.802. The third-order valence-corrected chi connectivity index (χ3v) is 7.16. The highest BCUT2D eigenvalue weighted by molar-refractivity contribution is 7.89. The fourth-order valence-electron chi connectivity index (χ4n) is 3.23. The Kier molecular flexibility index (Phi) is 4.75. The second kappa shape index (κ2) is 6.94. The molecule has 142 valence electrons. The maximum Gasteiger partial charge on any atom is 0.244 e. The molecule has 0 unspecified atom stereocenters. The van der Waals surface area contributed by atoms with E-state index in [2.05, 4.69) is 15.0 Å². The van der Waals surface area contributed by atoms with Crippen LogP contribution in [0.25, 0.3) is 5.52 Å². The van der Waals surface area contributed by atoms with E-state index in [9.17, 15) is 8.42 Å². The molecule has 0 atom stereocenters. The summed E-state index contributed by atoms with van der Waals surface area (Å²) < 4.78 is 29.1. The Morgan fingerprint density at radius 2 is 1.81 bits per heavy atom. The molecule has 0 spiro atoms. The normalized spacial score (nSPS) is 16.2. The average molecular weight is 426 g/mol. The number of fused-ring (bicyclic) bond motifs is 1. The van der Waals surface area contributed by atoms with Crippen LogP contribution in [-0.4, -0.2) is 53.5 Å². The number of benzene rings is 1. The number of sulfonamides is 1. The van der Waals surface area contributed by atoms with Gasteiger partial charge >= 0.3 is 0 Å². The lowest BCUT2D eigenvalue weighted by Gasteiger charge is -2.34. The molecule has 2 aromatic heterocycles. The minimum Gasteiger partial charge on any atom is -0.352 e. The lowest BCUT2D eigenvalue weighted by atomic mass is 10.3. The molecule has 3 heterocycles. The van der Waals surface area contributed by atoms with Gasteiger partial charge < -0.3 is 4.90 Å². The quantitative estimate of drug-likeness (QED) is 0.644. The van der Waals surface area contributed by atoms with Crippen molar-refractivity contribution in [2.45, 2.75) is 11.8 Å². The molecular weight excluding hydrogens is 409 g/mol. The van der Waals surface area contributed by atoms with Crippen molar-refractivity contribution < 1.29 is 8.42 Å². The largest absolute Gasteiger partial charge is 0.352 e. The topological polar surface area (TPSA) is 70.8 Å². The summed E-state index contributed by atoms with van der Waals surface area (Å²) in [6.45, 7) is 3.64. The van der Waals surface area contributed by atoms with E-state index in [-0.39, 0.29) is 9.92 Å². The molecule has 7 nitrogen and oxygen atoms in total. The molecule has 1 fully saturated rings. The number of piperazine rings is 1. The Labute approximate surface area is 167 Å². The second-order valence-electron chi connectivity index (χ2n) is 6.33. The minimum absolute atomic E-state index is 0.0387. The number of aromatic nitrogens is 3. The van der Waals surface area contributed by atoms with E-state index >= 15 is 0 Å². The van der Waals surface area contributed by atoms with Crippen LogP contribution >= 0.6 is 23.2 Å². The monoisotopic (exact) mass is 425 g/mol. The van der Waals surface area contributed by atoms with Gasteiger partial charge in [-0.05, 0) is 31.2 Å². The first kappa shape index (κ1) is 18.5. The Morgan fingerprint density at radius 1 is 1.07 bits per heavy atom. The Morgan fingerprint density at radius 3 is 2.56 bits per heavy atom. The average Bonchev–Trinajstić information content (AvgIpc) is 3.04. The SMILES string of the molecule is Cc1cc2c(N3CCN(S(=O)(=O)c4cc(Cl)ccc4Cl)CC3)nccn2n1. The zero-order chi connectivity index (χ0) is 19.2. The third kappa shape index (κ3) is 3.38. The van der Waals surface area contributed by atoms with Crippen LogP contribution in [-0.2, 0) is 10.0 Å². The lowest BCUT2D eigenvalue weighted by Crippen LogP contribution is -2.49. The molecule has 0 amide bonds. The van der Waals surface area contributed by atoms with Gasteiger partial charge in [-0.1, -0.05) is 23.2 Å². The molecule has 1 aliphatic heterocycles. The highest BCUT2D eigenvalue weighted by atomic mass is 35.5. The molecule has 0 radical (unpaired) electrons. The predicted molar refractivity (Wildman–Crippen MR) is 105 cm³/mol. The van der Waals surface area contributed by atoms with E-state index in [1.807, 2.05) is 13.0 Å². The third-order valence-electron chi connectivity index (χ3n) is 4.54. The van der Waals surface area contributed by atoms with Gasteiger partial charge in [-0.25, -0.2) is 17.9 Å². The Bertz CT molecular complexity index is 1110. The molecule has 3 aromatic rings. The van der Waals surface area contributed by atoms with Gasteiger partial charge in [-0.15, -0.1) is 0 Å². The molecule has 10 heteroatoms. The first-order chi connectivity index (χ1) is 12.9. The number of hydrogen-bond acceptors (Lipinski definition) is 5. The van der Waals surface area contributed by atoms with Crippen LogP contribution in [0.5, 0.6) is 0 Å². The summed E-state index contributed by atoms with van der Waals surface area (Å²) >= 11 is 12.1. The van der Waals surface area contributed by atoms with Crippen molar-refractivity contribution in [1.29, 1.82) is 0 Å². The van der Waals surface area contributed by atoms with E-state index in [1.165, 1.54) is 16.4 Å². The van der Waals surface area contributed by atoms with Crippen molar-refractivity contribution in [1.82, 2.24) is 18.9 Å². The second-order valence-corrected chi connectivity index (χ2v) is 9.08. The summed E-state index contributed by atoms with van der Waals surface area (Å²) in [6, 6.07) is 6.43. The van der Waals surface area contributed by atoms with Gasteiger partial charge in [0.15, 0.2) is 5.82 Å². The van der Waals surface area contributed by atoms with Gasteiger partial charge in [0.25, 0.3) is 0 Å². The van der Waals surface area contributed by atoms with E-state index in [4.69, 9.17) is 23.2 Å². The fourth-order valence-corrected chi connectivity index (χ4v) is 5.39. The van der Waals surface area contributed by atoms with E-state index in [0.29, 0.717) is 31.2 Å². The first-order valence-corrected chi connectivity index (χ1v) is 10.6. The van der Waals surface area contributed by atoms with Gasteiger partial charge in [0, 0.05) is 43.6 Å². The summed E-state index contributed by atoms with van der Waals surface area (Å²) in [5, 5.41) is 4.90. The number of hydrogen-bond donors (Lipinski definition) is 0. The van der Waals surface area contributed by atoms with Crippen molar-refractivity contribution in [3.8, 4) is 0 Å². The van der Waals surface area contributed by atoms with Crippen molar-refractivity contribution in [3.05, 3.63) is 52.4 Å². The smallest absolute Gasteiger partial charge is 0.244 e. The van der Waals surface area contributed by atoms with E-state index in [1.54, 1.807) is 23.0 Å². The van der Waals surface area contributed by atoms with Crippen LogP contribution in [0.15, 0.2) is 41.6 Å². The number of aryl methyl sites for hydroxylation is 1. The molecule has 0 saturated carbocycles. The van der Waals surface area contributed by atoms with Crippen LogP contribution in [0.3, 0.4) is 0 Å². The van der Waals surface area contributed by atoms with Crippen molar-refractivity contribution in [3.63, 3.8) is 0 Å². The van der Waals surface area contributed by atoms with Crippen LogP contribution in [0.4, 0.5) is 5.82 Å². The van der Waals surface area contributed by atoms with Crippen LogP contribution in [0, 0.1) is 6.92 Å². The summed E-state index contributed by atoms with van der Waals surface area (Å²) in [7, 11) is -3.71. The number of nitrogens with zero attached hydrogens (tertiary/aromatic N) is 5. The van der Waals surface area contributed by atoms with Gasteiger partial charge in [-0.2, -0.15) is 9.40 Å². The standard InChI is InChI=1S/C17H17Cl2N5O2S/c1-12-10-15-17(20-4-5-24(15)21-12)22-6-8-23(9-7-22)27(25,26)16-11-13(18)2-3-14(16)19/h2-5,10-11H,6-9H2,1H3. The molecule has 0 bridgehead atoms. The molecule has 27 heavy (non-hydrogen) atoms. The molecule has 4 rings (SSSR count). The molecule has 1 aromatic carbocycles. The highest BCUT2D eigenvalue weighted by Gasteiger charge is 2.31.